The Kier molecular flexibility index (Phi) is 3.28. The molecule has 4 rings (SSSR count). The Hall–Kier alpha value is -1.30. The van der Waals surface area contributed by atoms with Crippen molar-refractivity contribution >= 4 is 28.3 Å². The second kappa shape index (κ2) is 5.16. The van der Waals surface area contributed by atoms with Crippen LogP contribution in [0.3, 0.4) is 0 Å². The first-order valence-electron chi connectivity index (χ1n) is 8.01. The third-order valence-corrected chi connectivity index (χ3v) is 5.40. The van der Waals surface area contributed by atoms with Crippen LogP contribution in [-0.4, -0.2) is 29.4 Å². The predicted molar refractivity (Wildman–Crippen MR) is 84.7 cm³/mol. The highest BCUT2D eigenvalue weighted by atomic mass is 32.1. The molecular formula is C15H22N4OS. The van der Waals surface area contributed by atoms with E-state index in [-0.39, 0.29) is 5.91 Å². The van der Waals surface area contributed by atoms with Crippen LogP contribution in [-0.2, 0) is 0 Å². The van der Waals surface area contributed by atoms with E-state index in [4.69, 9.17) is 5.73 Å². The van der Waals surface area contributed by atoms with Crippen molar-refractivity contribution in [1.82, 2.24) is 9.69 Å². The van der Waals surface area contributed by atoms with Crippen LogP contribution >= 0.6 is 11.5 Å². The Bertz CT molecular complexity index is 532. The summed E-state index contributed by atoms with van der Waals surface area (Å²) in [6.45, 7) is 2.11. The van der Waals surface area contributed by atoms with Crippen molar-refractivity contribution in [3.05, 3.63) is 5.56 Å². The van der Waals surface area contributed by atoms with Crippen LogP contribution in [0.4, 0.5) is 10.8 Å². The smallest absolute Gasteiger partial charge is 0.258 e. The highest BCUT2D eigenvalue weighted by molar-refractivity contribution is 7.11. The first-order chi connectivity index (χ1) is 10.2. The molecule has 3 N–H and O–H groups in total. The van der Waals surface area contributed by atoms with Gasteiger partial charge < -0.3 is 16.0 Å². The minimum Gasteiger partial charge on any atom is -0.382 e. The second-order valence-electron chi connectivity index (χ2n) is 6.79. The number of nitrogens with two attached hydrogens (primary N) is 1. The fourth-order valence-electron chi connectivity index (χ4n) is 2.67. The molecule has 0 atom stereocenters. The molecule has 3 aliphatic rings. The lowest BCUT2D eigenvalue weighted by molar-refractivity contribution is 0.0952. The topological polar surface area (TPSA) is 71.2 Å². The van der Waals surface area contributed by atoms with Gasteiger partial charge in [-0.2, -0.15) is 4.37 Å². The van der Waals surface area contributed by atoms with Gasteiger partial charge in [0.25, 0.3) is 5.91 Å². The van der Waals surface area contributed by atoms with Crippen molar-refractivity contribution in [2.24, 2.45) is 11.8 Å². The summed E-state index contributed by atoms with van der Waals surface area (Å²) in [5.41, 5.74) is 6.60. The molecule has 3 fully saturated rings. The van der Waals surface area contributed by atoms with Gasteiger partial charge in [-0.3, -0.25) is 4.79 Å². The third kappa shape index (κ3) is 3.15. The van der Waals surface area contributed by atoms with Crippen LogP contribution in [0.1, 0.15) is 48.9 Å². The van der Waals surface area contributed by atoms with Gasteiger partial charge in [-0.15, -0.1) is 0 Å². The molecule has 0 spiro atoms. The number of hydrogen-bond donors (Lipinski definition) is 2. The van der Waals surface area contributed by atoms with Crippen LogP contribution in [0.15, 0.2) is 0 Å². The lowest BCUT2D eigenvalue weighted by Gasteiger charge is -2.23. The molecule has 0 unspecified atom stereocenters. The Morgan fingerprint density at radius 3 is 2.33 bits per heavy atom. The van der Waals surface area contributed by atoms with Gasteiger partial charge in [-0.25, -0.2) is 0 Å². The van der Waals surface area contributed by atoms with E-state index in [1.807, 2.05) is 0 Å². The summed E-state index contributed by atoms with van der Waals surface area (Å²) in [7, 11) is 0. The Balaban J connectivity index is 1.56. The summed E-state index contributed by atoms with van der Waals surface area (Å²) in [4.78, 5) is 14.8. The predicted octanol–water partition coefficient (Wildman–Crippen LogP) is 2.24. The van der Waals surface area contributed by atoms with E-state index in [9.17, 15) is 4.79 Å². The number of carbonyl (C=O) groups excluding carboxylic acids is 1. The SMILES string of the molecule is Nc1nsc(N(CC2CC2)CC2CC2)c1C(=O)NC1CC1. The number of rotatable bonds is 7. The number of nitrogens with one attached hydrogen (secondary N) is 1. The molecule has 1 aromatic rings. The van der Waals surface area contributed by atoms with Crippen molar-refractivity contribution in [3.8, 4) is 0 Å². The minimum absolute atomic E-state index is 0.0321. The zero-order valence-electron chi connectivity index (χ0n) is 12.2. The number of hydrogen-bond acceptors (Lipinski definition) is 5. The first-order valence-corrected chi connectivity index (χ1v) is 8.79. The molecule has 114 valence electrons. The largest absolute Gasteiger partial charge is 0.382 e. The second-order valence-corrected chi connectivity index (χ2v) is 7.54. The van der Waals surface area contributed by atoms with Gasteiger partial charge in [0.05, 0.1) is 0 Å². The van der Waals surface area contributed by atoms with Gasteiger partial charge in [0.1, 0.15) is 10.6 Å². The van der Waals surface area contributed by atoms with Crippen molar-refractivity contribution in [2.45, 2.75) is 44.6 Å². The molecule has 1 amide bonds. The van der Waals surface area contributed by atoms with Gasteiger partial charge >= 0.3 is 0 Å². The highest BCUT2D eigenvalue weighted by Crippen LogP contribution is 2.39. The molecule has 0 bridgehead atoms. The van der Waals surface area contributed by atoms with Gasteiger partial charge in [-0.05, 0) is 61.9 Å². The van der Waals surface area contributed by atoms with Gasteiger partial charge in [-0.1, -0.05) is 0 Å². The molecule has 5 nitrogen and oxygen atoms in total. The molecule has 0 aromatic carbocycles. The van der Waals surface area contributed by atoms with Crippen LogP contribution < -0.4 is 16.0 Å². The lowest BCUT2D eigenvalue weighted by Crippen LogP contribution is -2.32. The van der Waals surface area contributed by atoms with Crippen molar-refractivity contribution in [2.75, 3.05) is 23.7 Å². The summed E-state index contributed by atoms with van der Waals surface area (Å²) in [5.74, 6) is 1.96. The van der Waals surface area contributed by atoms with E-state index in [1.54, 1.807) is 0 Å². The van der Waals surface area contributed by atoms with Crippen LogP contribution in [0.5, 0.6) is 0 Å². The maximum Gasteiger partial charge on any atom is 0.258 e. The van der Waals surface area contributed by atoms with E-state index in [2.05, 4.69) is 14.6 Å². The van der Waals surface area contributed by atoms with Crippen molar-refractivity contribution in [3.63, 3.8) is 0 Å². The average molecular weight is 306 g/mol. The zero-order chi connectivity index (χ0) is 14.4. The Labute approximate surface area is 129 Å². The van der Waals surface area contributed by atoms with Crippen molar-refractivity contribution < 1.29 is 4.79 Å². The van der Waals surface area contributed by atoms with E-state index in [1.165, 1.54) is 37.2 Å². The van der Waals surface area contributed by atoms with Crippen LogP contribution in [0.2, 0.25) is 0 Å². The maximum absolute atomic E-state index is 12.5. The van der Waals surface area contributed by atoms with Gasteiger partial charge in [0.2, 0.25) is 0 Å². The molecule has 3 saturated carbocycles. The van der Waals surface area contributed by atoms with Gasteiger partial charge in [0, 0.05) is 19.1 Å². The molecule has 1 heterocycles. The number of aromatic nitrogens is 1. The molecular weight excluding hydrogens is 284 g/mol. The molecule has 6 heteroatoms. The Morgan fingerprint density at radius 1 is 1.19 bits per heavy atom. The fourth-order valence-corrected chi connectivity index (χ4v) is 3.50. The number of nitrogen functional groups attached to an aromatic ring is 1. The zero-order valence-corrected chi connectivity index (χ0v) is 13.0. The average Bonchev–Trinajstić information content (AvgIpc) is 3.27. The summed E-state index contributed by atoms with van der Waals surface area (Å²) >= 11 is 1.39. The molecule has 1 aromatic heterocycles. The first kappa shape index (κ1) is 13.4. The summed E-state index contributed by atoms with van der Waals surface area (Å²) < 4.78 is 4.26. The monoisotopic (exact) mass is 306 g/mol. The number of nitrogens with zero attached hydrogens (tertiary/aromatic N) is 2. The summed E-state index contributed by atoms with van der Waals surface area (Å²) in [6.07, 6.45) is 7.45. The van der Waals surface area contributed by atoms with Gasteiger partial charge in [0.15, 0.2) is 5.82 Å². The molecule has 0 aliphatic heterocycles. The number of amides is 1. The van der Waals surface area contributed by atoms with E-state index in [0.29, 0.717) is 17.4 Å². The van der Waals surface area contributed by atoms with Crippen molar-refractivity contribution in [1.29, 1.82) is 0 Å². The number of anilines is 2. The molecule has 0 saturated heterocycles. The minimum atomic E-state index is -0.0321. The van der Waals surface area contributed by atoms with E-state index >= 15 is 0 Å². The van der Waals surface area contributed by atoms with E-state index < -0.39 is 0 Å². The molecule has 21 heavy (non-hydrogen) atoms. The third-order valence-electron chi connectivity index (χ3n) is 4.48. The fraction of sp³-hybridized carbons (Fsp3) is 0.733. The summed E-state index contributed by atoms with van der Waals surface area (Å²) in [6, 6.07) is 0.352. The molecule has 0 radical (unpaired) electrons. The standard InChI is InChI=1S/C15H22N4OS/c16-13-12(14(20)17-11-5-6-11)15(21-18-13)19(7-9-1-2-9)8-10-3-4-10/h9-11H,1-8H2,(H2,16,18)(H,17,20). The molecule has 3 aliphatic carbocycles. The van der Waals surface area contributed by atoms with E-state index in [0.717, 1.165) is 42.8 Å². The Morgan fingerprint density at radius 2 is 1.81 bits per heavy atom. The maximum atomic E-state index is 12.5. The normalized spacial score (nSPS) is 21.3. The van der Waals surface area contributed by atoms with Crippen LogP contribution in [0, 0.1) is 11.8 Å². The van der Waals surface area contributed by atoms with Crippen LogP contribution in [0.25, 0.3) is 0 Å². The quantitative estimate of drug-likeness (QED) is 0.810. The number of carbonyl (C=O) groups is 1. The summed E-state index contributed by atoms with van der Waals surface area (Å²) in [5, 5.41) is 4.04. The lowest BCUT2D eigenvalue weighted by atomic mass is 10.2. The highest BCUT2D eigenvalue weighted by Gasteiger charge is 2.34.